The van der Waals surface area contributed by atoms with E-state index in [-0.39, 0.29) is 24.0 Å². The van der Waals surface area contributed by atoms with E-state index in [0.29, 0.717) is 22.2 Å². The lowest BCUT2D eigenvalue weighted by molar-refractivity contribution is -0.384. The van der Waals surface area contributed by atoms with Crippen molar-refractivity contribution in [3.05, 3.63) is 74.2 Å². The summed E-state index contributed by atoms with van der Waals surface area (Å²) >= 11 is 4.93. The van der Waals surface area contributed by atoms with Gasteiger partial charge in [-0.05, 0) is 52.1 Å². The van der Waals surface area contributed by atoms with Gasteiger partial charge >= 0.3 is 0 Å². The van der Waals surface area contributed by atoms with Gasteiger partial charge in [0.1, 0.15) is 6.04 Å². The number of amides is 2. The molecule has 1 unspecified atom stereocenters. The molecular weight excluding hydrogens is 446 g/mol. The Morgan fingerprint density at radius 3 is 2.46 bits per heavy atom. The number of carbonyl (C=O) groups is 2. The summed E-state index contributed by atoms with van der Waals surface area (Å²) in [6, 6.07) is 12.3. The molecule has 2 rings (SSSR count). The highest BCUT2D eigenvalue weighted by Gasteiger charge is 2.22. The van der Waals surface area contributed by atoms with Crippen LogP contribution in [-0.2, 0) is 11.3 Å². The van der Waals surface area contributed by atoms with E-state index in [2.05, 4.69) is 26.6 Å². The third kappa shape index (κ3) is 6.35. The van der Waals surface area contributed by atoms with Gasteiger partial charge in [-0.2, -0.15) is 11.8 Å². The molecule has 0 heterocycles. The predicted octanol–water partition coefficient (Wildman–Crippen LogP) is 3.53. The molecule has 0 aliphatic carbocycles. The number of nitro benzene ring substituents is 1. The van der Waals surface area contributed by atoms with Crippen LogP contribution in [0.5, 0.6) is 0 Å². The summed E-state index contributed by atoms with van der Waals surface area (Å²) in [7, 11) is 0. The molecule has 0 aromatic heterocycles. The van der Waals surface area contributed by atoms with Crippen LogP contribution in [0.25, 0.3) is 0 Å². The summed E-state index contributed by atoms with van der Waals surface area (Å²) in [6.45, 7) is 0.220. The van der Waals surface area contributed by atoms with E-state index in [9.17, 15) is 19.7 Å². The minimum absolute atomic E-state index is 0.00590. The van der Waals surface area contributed by atoms with Crippen molar-refractivity contribution in [3.63, 3.8) is 0 Å². The summed E-state index contributed by atoms with van der Waals surface area (Å²) in [6.07, 6.45) is 2.42. The molecule has 2 amide bonds. The van der Waals surface area contributed by atoms with E-state index in [0.717, 1.165) is 5.56 Å². The molecule has 0 aliphatic heterocycles. The Morgan fingerprint density at radius 1 is 1.18 bits per heavy atom. The number of nitrogens with zero attached hydrogens (tertiary/aromatic N) is 1. The second kappa shape index (κ2) is 10.8. The van der Waals surface area contributed by atoms with Crippen molar-refractivity contribution in [3.8, 4) is 0 Å². The molecule has 0 aliphatic rings. The van der Waals surface area contributed by atoms with E-state index in [1.54, 1.807) is 42.1 Å². The molecule has 0 spiro atoms. The minimum Gasteiger partial charge on any atom is -0.350 e. The lowest BCUT2D eigenvalue weighted by Gasteiger charge is -2.18. The Hall–Kier alpha value is -2.39. The van der Waals surface area contributed by atoms with E-state index in [1.165, 1.54) is 12.1 Å². The first-order valence-corrected chi connectivity index (χ1v) is 10.7. The Balaban J connectivity index is 2.00. The average Bonchev–Trinajstić information content (AvgIpc) is 2.69. The zero-order chi connectivity index (χ0) is 20.5. The molecule has 28 heavy (non-hydrogen) atoms. The number of thioether (sulfide) groups is 1. The van der Waals surface area contributed by atoms with Crippen molar-refractivity contribution in [2.45, 2.75) is 19.0 Å². The second-order valence-electron chi connectivity index (χ2n) is 5.93. The third-order valence-electron chi connectivity index (χ3n) is 3.96. The highest BCUT2D eigenvalue weighted by Crippen LogP contribution is 2.16. The molecule has 2 aromatic rings. The first-order chi connectivity index (χ1) is 13.4. The normalized spacial score (nSPS) is 11.5. The Kier molecular flexibility index (Phi) is 8.46. The monoisotopic (exact) mass is 465 g/mol. The molecule has 0 radical (unpaired) electrons. The van der Waals surface area contributed by atoms with Crippen molar-refractivity contribution in [2.75, 3.05) is 12.0 Å². The third-order valence-corrected chi connectivity index (χ3v) is 5.30. The number of hydrogen-bond acceptors (Lipinski definition) is 5. The van der Waals surface area contributed by atoms with Crippen LogP contribution in [0.15, 0.2) is 53.0 Å². The van der Waals surface area contributed by atoms with Crippen LogP contribution >= 0.6 is 27.7 Å². The van der Waals surface area contributed by atoms with Gasteiger partial charge in [-0.25, -0.2) is 0 Å². The molecule has 2 aromatic carbocycles. The molecule has 1 atom stereocenters. The quantitative estimate of drug-likeness (QED) is 0.435. The second-order valence-corrected chi connectivity index (χ2v) is 7.77. The average molecular weight is 466 g/mol. The van der Waals surface area contributed by atoms with Gasteiger partial charge in [0.25, 0.3) is 11.6 Å². The van der Waals surface area contributed by atoms with Gasteiger partial charge in [-0.1, -0.05) is 24.3 Å². The molecule has 7 nitrogen and oxygen atoms in total. The number of nitro groups is 1. The summed E-state index contributed by atoms with van der Waals surface area (Å²) in [5.74, 6) is 0.0862. The van der Waals surface area contributed by atoms with Gasteiger partial charge in [0, 0.05) is 23.2 Å². The number of benzene rings is 2. The zero-order valence-corrected chi connectivity index (χ0v) is 17.6. The molecule has 9 heteroatoms. The number of carbonyl (C=O) groups excluding carboxylic acids is 2. The topological polar surface area (TPSA) is 101 Å². The van der Waals surface area contributed by atoms with E-state index in [1.807, 2.05) is 12.3 Å². The van der Waals surface area contributed by atoms with Crippen molar-refractivity contribution in [1.29, 1.82) is 0 Å². The molecule has 148 valence electrons. The van der Waals surface area contributed by atoms with Crippen molar-refractivity contribution in [2.24, 2.45) is 0 Å². The Bertz CT molecular complexity index is 845. The van der Waals surface area contributed by atoms with Gasteiger partial charge in [0.2, 0.25) is 5.91 Å². The fourth-order valence-corrected chi connectivity index (χ4v) is 3.37. The minimum atomic E-state index is -0.676. The number of non-ortho nitro benzene ring substituents is 1. The van der Waals surface area contributed by atoms with E-state index < -0.39 is 11.0 Å². The maximum absolute atomic E-state index is 12.6. The molecular formula is C19H20BrN3O4S. The Morgan fingerprint density at radius 2 is 1.86 bits per heavy atom. The zero-order valence-electron chi connectivity index (χ0n) is 15.2. The molecule has 0 bridgehead atoms. The van der Waals surface area contributed by atoms with Crippen molar-refractivity contribution < 1.29 is 14.5 Å². The maximum atomic E-state index is 12.6. The maximum Gasteiger partial charge on any atom is 0.269 e. The standard InChI is InChI=1S/C19H20BrN3O4S/c1-28-11-10-17(22-18(24)15-4-2-3-5-16(15)20)19(25)21-12-13-6-8-14(9-7-13)23(26)27/h2-9,17H,10-12H2,1H3,(H,21,25)(H,22,24). The van der Waals surface area contributed by atoms with Crippen LogP contribution in [-0.4, -0.2) is 34.8 Å². The lowest BCUT2D eigenvalue weighted by atomic mass is 10.1. The predicted molar refractivity (Wildman–Crippen MR) is 113 cm³/mol. The largest absolute Gasteiger partial charge is 0.350 e. The highest BCUT2D eigenvalue weighted by atomic mass is 79.9. The highest BCUT2D eigenvalue weighted by molar-refractivity contribution is 9.10. The van der Waals surface area contributed by atoms with Gasteiger partial charge in [0.15, 0.2) is 0 Å². The van der Waals surface area contributed by atoms with Gasteiger partial charge in [-0.3, -0.25) is 19.7 Å². The number of hydrogen-bond donors (Lipinski definition) is 2. The number of nitrogens with one attached hydrogen (secondary N) is 2. The molecule has 2 N–H and O–H groups in total. The van der Waals surface area contributed by atoms with Crippen molar-refractivity contribution >= 4 is 45.2 Å². The van der Waals surface area contributed by atoms with Crippen molar-refractivity contribution in [1.82, 2.24) is 10.6 Å². The molecule has 0 saturated carbocycles. The summed E-state index contributed by atoms with van der Waals surface area (Å²) in [5, 5.41) is 16.3. The van der Waals surface area contributed by atoms with Crippen LogP contribution in [0.3, 0.4) is 0 Å². The molecule has 0 saturated heterocycles. The summed E-state index contributed by atoms with van der Waals surface area (Å²) < 4.78 is 0.655. The number of rotatable bonds is 9. The van der Waals surface area contributed by atoms with Crippen LogP contribution in [0.2, 0.25) is 0 Å². The van der Waals surface area contributed by atoms with E-state index in [4.69, 9.17) is 0 Å². The van der Waals surface area contributed by atoms with E-state index >= 15 is 0 Å². The summed E-state index contributed by atoms with van der Waals surface area (Å²) in [4.78, 5) is 35.3. The van der Waals surface area contributed by atoms with Gasteiger partial charge < -0.3 is 10.6 Å². The molecule has 0 fully saturated rings. The lowest BCUT2D eigenvalue weighted by Crippen LogP contribution is -2.47. The van der Waals surface area contributed by atoms with Crippen LogP contribution in [0, 0.1) is 10.1 Å². The first-order valence-electron chi connectivity index (χ1n) is 8.47. The van der Waals surface area contributed by atoms with Gasteiger partial charge in [0.05, 0.1) is 10.5 Å². The fraction of sp³-hybridized carbons (Fsp3) is 0.263. The fourth-order valence-electron chi connectivity index (χ4n) is 2.43. The van der Waals surface area contributed by atoms with Gasteiger partial charge in [-0.15, -0.1) is 0 Å². The SMILES string of the molecule is CSCCC(NC(=O)c1ccccc1Br)C(=O)NCc1ccc([N+](=O)[O-])cc1. The van der Waals surface area contributed by atoms with Crippen LogP contribution in [0.1, 0.15) is 22.3 Å². The number of halogens is 1. The smallest absolute Gasteiger partial charge is 0.269 e. The van der Waals surface area contributed by atoms with Crippen LogP contribution < -0.4 is 10.6 Å². The Labute approximate surface area is 175 Å². The summed E-state index contributed by atoms with van der Waals surface area (Å²) in [5.41, 5.74) is 1.19. The van der Waals surface area contributed by atoms with Crippen LogP contribution in [0.4, 0.5) is 5.69 Å². The first kappa shape index (κ1) is 21.9.